The standard InChI is InChI=1S/C16H30N8O6/c1-7(23-14(28)9(17)6-11(18)25)12(26)22-8(2)13(27)24-10(15(29)30)4-3-5-21-16(19)20/h7-10H,3-6,17H2,1-2H3,(H2,18,25)(H,22,26)(H,23,28)(H,24,27)(H,29,30)(H4,19,20,21). The number of aliphatic carboxylic acids is 1. The molecule has 0 aromatic rings. The number of carbonyl (C=O) groups is 5. The van der Waals surface area contributed by atoms with Crippen LogP contribution < -0.4 is 38.9 Å². The number of carboxylic acids is 1. The van der Waals surface area contributed by atoms with Crippen LogP contribution in [0.4, 0.5) is 0 Å². The van der Waals surface area contributed by atoms with Crippen LogP contribution in [0.2, 0.25) is 0 Å². The number of primary amides is 1. The molecule has 0 aliphatic heterocycles. The van der Waals surface area contributed by atoms with Crippen LogP contribution >= 0.6 is 0 Å². The zero-order valence-corrected chi connectivity index (χ0v) is 16.9. The normalized spacial score (nSPS) is 14.4. The number of carboxylic acid groups (broad SMARTS) is 1. The number of nitrogens with zero attached hydrogens (tertiary/aromatic N) is 1. The maximum atomic E-state index is 12.2. The van der Waals surface area contributed by atoms with Crippen molar-refractivity contribution >= 4 is 35.6 Å². The molecule has 30 heavy (non-hydrogen) atoms. The molecule has 0 rings (SSSR count). The van der Waals surface area contributed by atoms with Gasteiger partial charge in [-0.25, -0.2) is 4.79 Å². The van der Waals surface area contributed by atoms with Gasteiger partial charge in [-0.3, -0.25) is 24.2 Å². The van der Waals surface area contributed by atoms with Crippen molar-refractivity contribution in [3.8, 4) is 0 Å². The molecule has 0 saturated heterocycles. The van der Waals surface area contributed by atoms with Crippen molar-refractivity contribution in [3.63, 3.8) is 0 Å². The van der Waals surface area contributed by atoms with Crippen molar-refractivity contribution in [2.75, 3.05) is 6.54 Å². The highest BCUT2D eigenvalue weighted by molar-refractivity contribution is 5.94. The molecule has 170 valence electrons. The molecule has 14 heteroatoms. The van der Waals surface area contributed by atoms with Gasteiger partial charge in [0.05, 0.1) is 12.5 Å². The second-order valence-corrected chi connectivity index (χ2v) is 6.59. The van der Waals surface area contributed by atoms with Gasteiger partial charge >= 0.3 is 5.97 Å². The van der Waals surface area contributed by atoms with E-state index in [1.54, 1.807) is 0 Å². The lowest BCUT2D eigenvalue weighted by atomic mass is 10.1. The van der Waals surface area contributed by atoms with E-state index in [1.807, 2.05) is 0 Å². The monoisotopic (exact) mass is 430 g/mol. The minimum absolute atomic E-state index is 0.0722. The number of nitrogens with one attached hydrogen (secondary N) is 3. The number of nitrogens with two attached hydrogens (primary N) is 4. The summed E-state index contributed by atoms with van der Waals surface area (Å²) < 4.78 is 0. The van der Waals surface area contributed by atoms with Gasteiger partial charge in [0.1, 0.15) is 18.1 Å². The molecule has 0 bridgehead atoms. The molecular formula is C16H30N8O6. The van der Waals surface area contributed by atoms with Crippen molar-refractivity contribution in [1.82, 2.24) is 16.0 Å². The largest absolute Gasteiger partial charge is 0.480 e. The topological polar surface area (TPSA) is 258 Å². The molecule has 0 saturated carbocycles. The van der Waals surface area contributed by atoms with Crippen LogP contribution in [-0.4, -0.2) is 71.4 Å². The van der Waals surface area contributed by atoms with Crippen LogP contribution in [-0.2, 0) is 24.0 Å². The van der Waals surface area contributed by atoms with Crippen LogP contribution in [0.25, 0.3) is 0 Å². The number of rotatable bonds is 13. The Morgan fingerprint density at radius 3 is 1.87 bits per heavy atom. The highest BCUT2D eigenvalue weighted by Crippen LogP contribution is 2.00. The van der Waals surface area contributed by atoms with Gasteiger partial charge in [-0.15, -0.1) is 0 Å². The Labute approximate surface area is 173 Å². The lowest BCUT2D eigenvalue weighted by molar-refractivity contribution is -0.142. The summed E-state index contributed by atoms with van der Waals surface area (Å²) in [5, 5.41) is 16.2. The van der Waals surface area contributed by atoms with E-state index in [0.717, 1.165) is 0 Å². The fourth-order valence-corrected chi connectivity index (χ4v) is 2.16. The maximum absolute atomic E-state index is 12.2. The molecule has 0 heterocycles. The minimum Gasteiger partial charge on any atom is -0.480 e. The second kappa shape index (κ2) is 12.9. The molecule has 0 radical (unpaired) electrons. The predicted octanol–water partition coefficient (Wildman–Crippen LogP) is -4.18. The molecule has 0 spiro atoms. The number of amides is 4. The summed E-state index contributed by atoms with van der Waals surface area (Å²) in [6, 6.07) is -4.57. The molecule has 0 aliphatic carbocycles. The molecule has 14 nitrogen and oxygen atoms in total. The van der Waals surface area contributed by atoms with Crippen molar-refractivity contribution in [2.24, 2.45) is 27.9 Å². The molecule has 0 aromatic carbocycles. The highest BCUT2D eigenvalue weighted by Gasteiger charge is 2.26. The van der Waals surface area contributed by atoms with E-state index in [2.05, 4.69) is 20.9 Å². The summed E-state index contributed by atoms with van der Waals surface area (Å²) in [4.78, 5) is 61.9. The summed E-state index contributed by atoms with van der Waals surface area (Å²) >= 11 is 0. The fourth-order valence-electron chi connectivity index (χ4n) is 2.16. The number of hydrogen-bond acceptors (Lipinski definition) is 7. The molecule has 4 unspecified atom stereocenters. The lowest BCUT2D eigenvalue weighted by Gasteiger charge is -2.21. The highest BCUT2D eigenvalue weighted by atomic mass is 16.4. The molecule has 4 amide bonds. The van der Waals surface area contributed by atoms with Gasteiger partial charge < -0.3 is 44.0 Å². The van der Waals surface area contributed by atoms with Gasteiger partial charge in [-0.1, -0.05) is 0 Å². The van der Waals surface area contributed by atoms with Crippen LogP contribution in [0.15, 0.2) is 4.99 Å². The van der Waals surface area contributed by atoms with Crippen LogP contribution in [0.5, 0.6) is 0 Å². The number of carbonyl (C=O) groups excluding carboxylic acids is 4. The Balaban J connectivity index is 4.64. The average molecular weight is 430 g/mol. The third-order valence-corrected chi connectivity index (χ3v) is 3.82. The third kappa shape index (κ3) is 10.8. The van der Waals surface area contributed by atoms with Crippen molar-refractivity contribution < 1.29 is 29.1 Å². The minimum atomic E-state index is -1.25. The van der Waals surface area contributed by atoms with Gasteiger partial charge in [0.25, 0.3) is 0 Å². The van der Waals surface area contributed by atoms with Gasteiger partial charge in [0, 0.05) is 6.54 Å². The Kier molecular flexibility index (Phi) is 11.5. The predicted molar refractivity (Wildman–Crippen MR) is 106 cm³/mol. The van der Waals surface area contributed by atoms with Crippen LogP contribution in [0.3, 0.4) is 0 Å². The second-order valence-electron chi connectivity index (χ2n) is 6.59. The van der Waals surface area contributed by atoms with Gasteiger partial charge in [0.15, 0.2) is 5.96 Å². The summed E-state index contributed by atoms with van der Waals surface area (Å²) in [7, 11) is 0. The molecule has 0 aliphatic rings. The summed E-state index contributed by atoms with van der Waals surface area (Å²) in [6.07, 6.45) is -0.00795. The molecule has 12 N–H and O–H groups in total. The van der Waals surface area contributed by atoms with E-state index in [1.165, 1.54) is 13.8 Å². The third-order valence-electron chi connectivity index (χ3n) is 3.82. The Hall–Kier alpha value is -3.42. The van der Waals surface area contributed by atoms with Crippen LogP contribution in [0.1, 0.15) is 33.1 Å². The van der Waals surface area contributed by atoms with E-state index >= 15 is 0 Å². The molecule has 0 fully saturated rings. The zero-order valence-electron chi connectivity index (χ0n) is 16.9. The van der Waals surface area contributed by atoms with E-state index < -0.39 is 60.2 Å². The van der Waals surface area contributed by atoms with Crippen LogP contribution in [0, 0.1) is 0 Å². The first-order valence-corrected chi connectivity index (χ1v) is 9.08. The lowest BCUT2D eigenvalue weighted by Crippen LogP contribution is -2.55. The maximum Gasteiger partial charge on any atom is 0.326 e. The fraction of sp³-hybridized carbons (Fsp3) is 0.625. The summed E-state index contributed by atoms with van der Waals surface area (Å²) in [5.41, 5.74) is 20.8. The summed E-state index contributed by atoms with van der Waals surface area (Å²) in [6.45, 7) is 2.89. The Morgan fingerprint density at radius 1 is 0.900 bits per heavy atom. The molecule has 0 aromatic heterocycles. The quantitative estimate of drug-likeness (QED) is 0.0799. The van der Waals surface area contributed by atoms with E-state index in [9.17, 15) is 29.1 Å². The van der Waals surface area contributed by atoms with Gasteiger partial charge in [-0.2, -0.15) is 0 Å². The zero-order chi connectivity index (χ0) is 23.4. The smallest absolute Gasteiger partial charge is 0.326 e. The van der Waals surface area contributed by atoms with E-state index in [0.29, 0.717) is 6.42 Å². The van der Waals surface area contributed by atoms with E-state index in [4.69, 9.17) is 22.9 Å². The van der Waals surface area contributed by atoms with Crippen molar-refractivity contribution in [1.29, 1.82) is 0 Å². The van der Waals surface area contributed by atoms with E-state index in [-0.39, 0.29) is 18.9 Å². The van der Waals surface area contributed by atoms with Crippen molar-refractivity contribution in [3.05, 3.63) is 0 Å². The van der Waals surface area contributed by atoms with Crippen molar-refractivity contribution in [2.45, 2.75) is 57.3 Å². The molecular weight excluding hydrogens is 400 g/mol. The first kappa shape index (κ1) is 26.6. The van der Waals surface area contributed by atoms with Gasteiger partial charge in [0.2, 0.25) is 23.6 Å². The number of aliphatic imine (C=N–C) groups is 1. The molecule has 4 atom stereocenters. The Morgan fingerprint density at radius 2 is 1.40 bits per heavy atom. The van der Waals surface area contributed by atoms with Gasteiger partial charge in [-0.05, 0) is 26.7 Å². The number of guanidine groups is 1. The SMILES string of the molecule is CC(NC(=O)C(N)CC(N)=O)C(=O)NC(C)C(=O)NC(CCCN=C(N)N)C(=O)O. The Bertz CT molecular complexity index is 679. The average Bonchev–Trinajstić information content (AvgIpc) is 2.62. The summed E-state index contributed by atoms with van der Waals surface area (Å²) in [5.74, 6) is -4.36. The number of hydrogen-bond donors (Lipinski definition) is 8. The first-order chi connectivity index (χ1) is 13.8. The first-order valence-electron chi connectivity index (χ1n) is 9.08.